The Bertz CT molecular complexity index is 188. The summed E-state index contributed by atoms with van der Waals surface area (Å²) in [5, 5.41) is 0. The number of rotatable bonds is 2. The zero-order valence-corrected chi connectivity index (χ0v) is 7.58. The first-order valence-electron chi connectivity index (χ1n) is 4.86. The van der Waals surface area contributed by atoms with Gasteiger partial charge in [0.25, 0.3) is 0 Å². The third-order valence-electron chi connectivity index (χ3n) is 3.54. The lowest BCUT2D eigenvalue weighted by atomic mass is 9.86. The molecule has 3 atom stereocenters. The van der Waals surface area contributed by atoms with Crippen LogP contribution >= 0.6 is 0 Å². The van der Waals surface area contributed by atoms with Crippen LogP contribution in [0.3, 0.4) is 0 Å². The van der Waals surface area contributed by atoms with E-state index in [-0.39, 0.29) is 5.97 Å². The molecular formula is C10H16O2. The number of hydrogen-bond acceptors (Lipinski definition) is 2. The van der Waals surface area contributed by atoms with E-state index >= 15 is 0 Å². The average Bonchev–Trinajstić information content (AvgIpc) is 2.64. The van der Waals surface area contributed by atoms with Gasteiger partial charge in [-0.3, -0.25) is 4.79 Å². The number of carbonyl (C=O) groups excluding carboxylic acids is 1. The molecule has 0 aliphatic heterocycles. The van der Waals surface area contributed by atoms with Crippen molar-refractivity contribution in [3.63, 3.8) is 0 Å². The molecule has 2 aliphatic carbocycles. The molecule has 0 unspecified atom stereocenters. The summed E-state index contributed by atoms with van der Waals surface area (Å²) < 4.78 is 4.68. The van der Waals surface area contributed by atoms with Crippen LogP contribution in [-0.2, 0) is 9.53 Å². The fraction of sp³-hybridized carbons (Fsp3) is 0.900. The summed E-state index contributed by atoms with van der Waals surface area (Å²) in [4.78, 5) is 11.0. The molecule has 2 rings (SSSR count). The van der Waals surface area contributed by atoms with Gasteiger partial charge in [0.05, 0.1) is 7.11 Å². The lowest BCUT2D eigenvalue weighted by Crippen LogP contribution is -2.15. The maximum absolute atomic E-state index is 11.0. The van der Waals surface area contributed by atoms with Gasteiger partial charge in [0.15, 0.2) is 0 Å². The molecule has 68 valence electrons. The second-order valence-corrected chi connectivity index (χ2v) is 4.22. The monoisotopic (exact) mass is 168 g/mol. The van der Waals surface area contributed by atoms with E-state index in [1.165, 1.54) is 32.8 Å². The SMILES string of the molecule is COC(=O)C[C@@H]1C[C@@H]2CC[C@@H]1C2. The largest absolute Gasteiger partial charge is 0.469 e. The summed E-state index contributed by atoms with van der Waals surface area (Å²) in [6, 6.07) is 0. The van der Waals surface area contributed by atoms with E-state index in [0.29, 0.717) is 12.3 Å². The second kappa shape index (κ2) is 3.08. The normalized spacial score (nSPS) is 38.6. The molecule has 0 amide bonds. The number of fused-ring (bicyclic) bond motifs is 2. The van der Waals surface area contributed by atoms with Crippen molar-refractivity contribution < 1.29 is 9.53 Å². The quantitative estimate of drug-likeness (QED) is 0.589. The summed E-state index contributed by atoms with van der Waals surface area (Å²) in [6.45, 7) is 0. The van der Waals surface area contributed by atoms with Crippen molar-refractivity contribution in [1.82, 2.24) is 0 Å². The molecule has 2 saturated carbocycles. The Kier molecular flexibility index (Phi) is 2.07. The van der Waals surface area contributed by atoms with E-state index in [1.54, 1.807) is 0 Å². The van der Waals surface area contributed by atoms with Gasteiger partial charge in [-0.1, -0.05) is 6.42 Å². The van der Waals surface area contributed by atoms with Gasteiger partial charge < -0.3 is 4.74 Å². The van der Waals surface area contributed by atoms with Gasteiger partial charge in [-0.15, -0.1) is 0 Å². The maximum Gasteiger partial charge on any atom is 0.305 e. The van der Waals surface area contributed by atoms with Crippen molar-refractivity contribution in [1.29, 1.82) is 0 Å². The predicted octanol–water partition coefficient (Wildman–Crippen LogP) is 1.99. The first-order chi connectivity index (χ1) is 5.79. The van der Waals surface area contributed by atoms with Gasteiger partial charge >= 0.3 is 5.97 Å². The summed E-state index contributed by atoms with van der Waals surface area (Å²) in [5.74, 6) is 2.41. The fourth-order valence-corrected chi connectivity index (χ4v) is 2.92. The molecule has 0 aromatic rings. The van der Waals surface area contributed by atoms with Crippen LogP contribution in [-0.4, -0.2) is 13.1 Å². The summed E-state index contributed by atoms with van der Waals surface area (Å²) >= 11 is 0. The smallest absolute Gasteiger partial charge is 0.305 e. The number of methoxy groups -OCH3 is 1. The molecule has 0 radical (unpaired) electrons. The first-order valence-corrected chi connectivity index (χ1v) is 4.86. The third kappa shape index (κ3) is 1.35. The van der Waals surface area contributed by atoms with Crippen molar-refractivity contribution in [3.8, 4) is 0 Å². The van der Waals surface area contributed by atoms with Crippen LogP contribution in [0.1, 0.15) is 32.1 Å². The Balaban J connectivity index is 1.86. The zero-order valence-electron chi connectivity index (χ0n) is 7.58. The highest BCUT2D eigenvalue weighted by Crippen LogP contribution is 2.49. The third-order valence-corrected chi connectivity index (χ3v) is 3.54. The van der Waals surface area contributed by atoms with E-state index in [9.17, 15) is 4.79 Å². The van der Waals surface area contributed by atoms with Gasteiger partial charge in [-0.25, -0.2) is 0 Å². The van der Waals surface area contributed by atoms with Crippen LogP contribution in [0.15, 0.2) is 0 Å². The van der Waals surface area contributed by atoms with E-state index in [4.69, 9.17) is 0 Å². The molecular weight excluding hydrogens is 152 g/mol. The van der Waals surface area contributed by atoms with Crippen LogP contribution < -0.4 is 0 Å². The molecule has 0 N–H and O–H groups in total. The molecule has 2 fully saturated rings. The van der Waals surface area contributed by atoms with Crippen molar-refractivity contribution >= 4 is 5.97 Å². The van der Waals surface area contributed by atoms with Crippen molar-refractivity contribution in [3.05, 3.63) is 0 Å². The summed E-state index contributed by atoms with van der Waals surface area (Å²) in [6.07, 6.45) is 6.08. The predicted molar refractivity (Wildman–Crippen MR) is 45.6 cm³/mol. The van der Waals surface area contributed by atoms with Crippen molar-refractivity contribution in [2.45, 2.75) is 32.1 Å². The molecule has 2 bridgehead atoms. The van der Waals surface area contributed by atoms with Gasteiger partial charge in [0, 0.05) is 6.42 Å². The number of esters is 1. The number of hydrogen-bond donors (Lipinski definition) is 0. The van der Waals surface area contributed by atoms with Crippen LogP contribution in [0, 0.1) is 17.8 Å². The summed E-state index contributed by atoms with van der Waals surface area (Å²) in [7, 11) is 1.48. The van der Waals surface area contributed by atoms with E-state index < -0.39 is 0 Å². The molecule has 0 spiro atoms. The van der Waals surface area contributed by atoms with Gasteiger partial charge in [0.1, 0.15) is 0 Å². The molecule has 0 aromatic heterocycles. The number of ether oxygens (including phenoxy) is 1. The lowest BCUT2D eigenvalue weighted by molar-refractivity contribution is -0.142. The van der Waals surface area contributed by atoms with Gasteiger partial charge in [-0.05, 0) is 37.0 Å². The lowest BCUT2D eigenvalue weighted by Gasteiger charge is -2.19. The Hall–Kier alpha value is -0.530. The highest BCUT2D eigenvalue weighted by molar-refractivity contribution is 5.69. The molecule has 12 heavy (non-hydrogen) atoms. The molecule has 2 nitrogen and oxygen atoms in total. The maximum atomic E-state index is 11.0. The van der Waals surface area contributed by atoms with Crippen LogP contribution in [0.5, 0.6) is 0 Å². The minimum Gasteiger partial charge on any atom is -0.469 e. The van der Waals surface area contributed by atoms with Gasteiger partial charge in [-0.2, -0.15) is 0 Å². The zero-order chi connectivity index (χ0) is 8.55. The summed E-state index contributed by atoms with van der Waals surface area (Å²) in [5.41, 5.74) is 0. The highest BCUT2D eigenvalue weighted by Gasteiger charge is 2.40. The van der Waals surface area contributed by atoms with Crippen LogP contribution in [0.25, 0.3) is 0 Å². The molecule has 2 heteroatoms. The van der Waals surface area contributed by atoms with E-state index in [2.05, 4.69) is 4.74 Å². The van der Waals surface area contributed by atoms with Gasteiger partial charge in [0.2, 0.25) is 0 Å². The molecule has 0 heterocycles. The minimum absolute atomic E-state index is 0.0208. The van der Waals surface area contributed by atoms with Crippen molar-refractivity contribution in [2.75, 3.05) is 7.11 Å². The Morgan fingerprint density at radius 2 is 2.25 bits per heavy atom. The Morgan fingerprint density at radius 3 is 2.75 bits per heavy atom. The second-order valence-electron chi connectivity index (χ2n) is 4.22. The Morgan fingerprint density at radius 1 is 1.42 bits per heavy atom. The number of carbonyl (C=O) groups is 1. The van der Waals surface area contributed by atoms with Crippen molar-refractivity contribution in [2.24, 2.45) is 17.8 Å². The standard InChI is InChI=1S/C10H16O2/c1-12-10(11)6-9-5-7-2-3-8(9)4-7/h7-9H,2-6H2,1H3/t7-,8-,9+/m1/s1. The molecule has 2 aliphatic rings. The minimum atomic E-state index is -0.0208. The average molecular weight is 168 g/mol. The first kappa shape index (κ1) is 8.09. The van der Waals surface area contributed by atoms with E-state index in [0.717, 1.165) is 11.8 Å². The molecule has 0 aromatic carbocycles. The van der Waals surface area contributed by atoms with Crippen LogP contribution in [0.2, 0.25) is 0 Å². The van der Waals surface area contributed by atoms with E-state index in [1.807, 2.05) is 0 Å². The Labute approximate surface area is 73.3 Å². The molecule has 0 saturated heterocycles. The van der Waals surface area contributed by atoms with Crippen LogP contribution in [0.4, 0.5) is 0 Å². The highest BCUT2D eigenvalue weighted by atomic mass is 16.5. The fourth-order valence-electron chi connectivity index (χ4n) is 2.92. The topological polar surface area (TPSA) is 26.3 Å².